The van der Waals surface area contributed by atoms with Gasteiger partial charge in [-0.05, 0) is 45.0 Å². The van der Waals surface area contributed by atoms with Crippen LogP contribution >= 0.6 is 11.8 Å². The Morgan fingerprint density at radius 2 is 1.77 bits per heavy atom. The van der Waals surface area contributed by atoms with Crippen LogP contribution in [0.1, 0.15) is 20.8 Å². The average molecular weight is 320 g/mol. The molecule has 6 heteroatoms. The van der Waals surface area contributed by atoms with Gasteiger partial charge >= 0.3 is 0 Å². The molecule has 1 aromatic heterocycles. The summed E-state index contributed by atoms with van der Waals surface area (Å²) in [6.45, 7) is 9.38. The molecule has 0 unspecified atom stereocenters. The summed E-state index contributed by atoms with van der Waals surface area (Å²) in [5, 5.41) is 18.4. The third-order valence-electron chi connectivity index (χ3n) is 3.61. The van der Waals surface area contributed by atoms with Crippen molar-refractivity contribution in [2.75, 3.05) is 30.3 Å². The summed E-state index contributed by atoms with van der Waals surface area (Å²) in [7, 11) is 0. The van der Waals surface area contributed by atoms with Gasteiger partial charge < -0.3 is 14.6 Å². The minimum Gasteiger partial charge on any atom is -0.396 e. The third-order valence-corrected chi connectivity index (χ3v) is 4.56. The Bertz CT molecular complexity index is 578. The smallest absolute Gasteiger partial charge is 0.191 e. The van der Waals surface area contributed by atoms with Gasteiger partial charge in [-0.15, -0.1) is 10.2 Å². The predicted octanol–water partition coefficient (Wildman–Crippen LogP) is 2.90. The Morgan fingerprint density at radius 3 is 2.32 bits per heavy atom. The zero-order chi connectivity index (χ0) is 15.9. The predicted molar refractivity (Wildman–Crippen MR) is 92.5 cm³/mol. The maximum atomic E-state index is 8.96. The first kappa shape index (κ1) is 16.8. The first-order valence-corrected chi connectivity index (χ1v) is 8.75. The molecule has 120 valence electrons. The van der Waals surface area contributed by atoms with Crippen LogP contribution in [0.25, 0.3) is 11.4 Å². The molecular weight excluding hydrogens is 296 g/mol. The van der Waals surface area contributed by atoms with Gasteiger partial charge in [0.05, 0.1) is 6.61 Å². The van der Waals surface area contributed by atoms with E-state index < -0.39 is 0 Å². The van der Waals surface area contributed by atoms with Crippen LogP contribution in [0.5, 0.6) is 0 Å². The second-order valence-corrected chi connectivity index (χ2v) is 5.90. The number of rotatable bonds is 8. The van der Waals surface area contributed by atoms with Crippen LogP contribution in [0.4, 0.5) is 5.69 Å². The normalized spacial score (nSPS) is 10.9. The number of aliphatic hydroxyl groups is 1. The first-order chi connectivity index (χ1) is 10.7. The lowest BCUT2D eigenvalue weighted by Gasteiger charge is -2.21. The van der Waals surface area contributed by atoms with Crippen LogP contribution < -0.4 is 4.90 Å². The Kier molecular flexibility index (Phi) is 6.27. The minimum atomic E-state index is 0.148. The third kappa shape index (κ3) is 3.62. The van der Waals surface area contributed by atoms with Crippen molar-refractivity contribution in [1.82, 2.24) is 14.8 Å². The summed E-state index contributed by atoms with van der Waals surface area (Å²) >= 11 is 1.53. The van der Waals surface area contributed by atoms with E-state index in [9.17, 15) is 0 Å². The summed E-state index contributed by atoms with van der Waals surface area (Å²) in [5.41, 5.74) is 2.30. The van der Waals surface area contributed by atoms with Crippen molar-refractivity contribution in [1.29, 1.82) is 0 Å². The lowest BCUT2D eigenvalue weighted by atomic mass is 10.2. The molecule has 1 heterocycles. The number of aromatic nitrogens is 3. The van der Waals surface area contributed by atoms with Gasteiger partial charge in [-0.3, -0.25) is 0 Å². The number of nitrogens with zero attached hydrogens (tertiary/aromatic N) is 4. The maximum absolute atomic E-state index is 8.96. The molecule has 1 aromatic carbocycles. The SMILES string of the molecule is CCN(CC)c1ccc(-c2nnc(SCCO)n2CC)cc1. The van der Waals surface area contributed by atoms with Gasteiger partial charge in [-0.2, -0.15) is 0 Å². The zero-order valence-electron chi connectivity index (χ0n) is 13.5. The molecule has 0 aliphatic heterocycles. The highest BCUT2D eigenvalue weighted by Crippen LogP contribution is 2.25. The van der Waals surface area contributed by atoms with E-state index in [0.29, 0.717) is 5.75 Å². The van der Waals surface area contributed by atoms with Gasteiger partial charge in [0.1, 0.15) is 0 Å². The van der Waals surface area contributed by atoms with Gasteiger partial charge in [-0.1, -0.05) is 11.8 Å². The van der Waals surface area contributed by atoms with Crippen molar-refractivity contribution in [3.63, 3.8) is 0 Å². The van der Waals surface area contributed by atoms with E-state index in [1.165, 1.54) is 17.4 Å². The van der Waals surface area contributed by atoms with Gasteiger partial charge in [0.15, 0.2) is 11.0 Å². The number of aliphatic hydroxyl groups excluding tert-OH is 1. The molecule has 0 atom stereocenters. The molecular formula is C16H24N4OS. The Morgan fingerprint density at radius 1 is 1.09 bits per heavy atom. The molecule has 5 nitrogen and oxygen atoms in total. The van der Waals surface area contributed by atoms with Gasteiger partial charge in [0.25, 0.3) is 0 Å². The van der Waals surface area contributed by atoms with Crippen LogP contribution in [0.3, 0.4) is 0 Å². The number of hydrogen-bond acceptors (Lipinski definition) is 5. The van der Waals surface area contributed by atoms with Gasteiger partial charge in [-0.25, -0.2) is 0 Å². The van der Waals surface area contributed by atoms with Crippen molar-refractivity contribution in [2.24, 2.45) is 0 Å². The molecule has 0 bridgehead atoms. The summed E-state index contributed by atoms with van der Waals surface area (Å²) in [4.78, 5) is 2.32. The van der Waals surface area contributed by atoms with E-state index in [1.54, 1.807) is 0 Å². The Labute approximate surface area is 136 Å². The van der Waals surface area contributed by atoms with Crippen molar-refractivity contribution < 1.29 is 5.11 Å². The highest BCUT2D eigenvalue weighted by atomic mass is 32.2. The Hall–Kier alpha value is -1.53. The van der Waals surface area contributed by atoms with Crippen LogP contribution in [-0.4, -0.2) is 45.3 Å². The molecule has 0 fully saturated rings. The molecule has 2 aromatic rings. The highest BCUT2D eigenvalue weighted by molar-refractivity contribution is 7.99. The van der Waals surface area contributed by atoms with E-state index in [2.05, 4.69) is 64.7 Å². The Balaban J connectivity index is 2.26. The lowest BCUT2D eigenvalue weighted by Crippen LogP contribution is -2.21. The molecule has 22 heavy (non-hydrogen) atoms. The molecule has 1 N–H and O–H groups in total. The summed E-state index contributed by atoms with van der Waals surface area (Å²) in [5.74, 6) is 1.52. The fraction of sp³-hybridized carbons (Fsp3) is 0.500. The van der Waals surface area contributed by atoms with E-state index >= 15 is 0 Å². The lowest BCUT2D eigenvalue weighted by molar-refractivity contribution is 0.322. The number of anilines is 1. The molecule has 2 rings (SSSR count). The molecule has 0 saturated carbocycles. The van der Waals surface area contributed by atoms with Crippen molar-refractivity contribution in [3.05, 3.63) is 24.3 Å². The molecule has 0 aliphatic rings. The van der Waals surface area contributed by atoms with E-state index in [0.717, 1.165) is 36.2 Å². The highest BCUT2D eigenvalue weighted by Gasteiger charge is 2.13. The molecule has 0 spiro atoms. The van der Waals surface area contributed by atoms with Crippen molar-refractivity contribution in [3.8, 4) is 11.4 Å². The van der Waals surface area contributed by atoms with E-state index in [4.69, 9.17) is 5.11 Å². The van der Waals surface area contributed by atoms with Crippen LogP contribution in [0.2, 0.25) is 0 Å². The fourth-order valence-electron chi connectivity index (χ4n) is 2.44. The maximum Gasteiger partial charge on any atom is 0.191 e. The summed E-state index contributed by atoms with van der Waals surface area (Å²) < 4.78 is 2.09. The number of thioether (sulfide) groups is 1. The second-order valence-electron chi connectivity index (χ2n) is 4.84. The van der Waals surface area contributed by atoms with Crippen LogP contribution in [0, 0.1) is 0 Å². The average Bonchev–Trinajstić information content (AvgIpc) is 2.97. The number of benzene rings is 1. The van der Waals surface area contributed by atoms with Crippen LogP contribution in [-0.2, 0) is 6.54 Å². The zero-order valence-corrected chi connectivity index (χ0v) is 14.3. The van der Waals surface area contributed by atoms with E-state index in [-0.39, 0.29) is 6.61 Å². The summed E-state index contributed by atoms with van der Waals surface area (Å²) in [6, 6.07) is 8.48. The molecule has 0 amide bonds. The van der Waals surface area contributed by atoms with Crippen LogP contribution in [0.15, 0.2) is 29.4 Å². The minimum absolute atomic E-state index is 0.148. The largest absolute Gasteiger partial charge is 0.396 e. The topological polar surface area (TPSA) is 54.2 Å². The fourth-order valence-corrected chi connectivity index (χ4v) is 3.18. The molecule has 0 radical (unpaired) electrons. The van der Waals surface area contributed by atoms with Gasteiger partial charge in [0, 0.05) is 36.6 Å². The first-order valence-electron chi connectivity index (χ1n) is 7.77. The van der Waals surface area contributed by atoms with E-state index in [1.807, 2.05) is 0 Å². The molecule has 0 saturated heterocycles. The van der Waals surface area contributed by atoms with Crippen molar-refractivity contribution >= 4 is 17.4 Å². The second kappa shape index (κ2) is 8.19. The monoisotopic (exact) mass is 320 g/mol. The van der Waals surface area contributed by atoms with Crippen molar-refractivity contribution in [2.45, 2.75) is 32.5 Å². The summed E-state index contributed by atoms with van der Waals surface area (Å²) in [6.07, 6.45) is 0. The number of hydrogen-bond donors (Lipinski definition) is 1. The standard InChI is InChI=1S/C16H24N4OS/c1-4-19(5-2)14-9-7-13(8-10-14)15-17-18-16(20(15)6-3)22-12-11-21/h7-10,21H,4-6,11-12H2,1-3H3. The quantitative estimate of drug-likeness (QED) is 0.758. The molecule has 0 aliphatic carbocycles. The van der Waals surface area contributed by atoms with Gasteiger partial charge in [0.2, 0.25) is 0 Å².